The van der Waals surface area contributed by atoms with E-state index in [9.17, 15) is 12.8 Å². The molecule has 0 bridgehead atoms. The van der Waals surface area contributed by atoms with Crippen molar-refractivity contribution in [3.63, 3.8) is 0 Å². The Morgan fingerprint density at radius 1 is 1.26 bits per heavy atom. The first kappa shape index (κ1) is 17.9. The predicted octanol–water partition coefficient (Wildman–Crippen LogP) is 3.75. The molecule has 0 aliphatic heterocycles. The van der Waals surface area contributed by atoms with Crippen molar-refractivity contribution in [2.24, 2.45) is 0 Å². The first-order valence-electron chi connectivity index (χ1n) is 7.71. The number of hydrogen-bond donors (Lipinski definition) is 1. The van der Waals surface area contributed by atoms with Gasteiger partial charge in [-0.25, -0.2) is 17.5 Å². The van der Waals surface area contributed by atoms with Crippen molar-refractivity contribution in [1.82, 2.24) is 4.72 Å². The smallest absolute Gasteiger partial charge is 0.214 e. The van der Waals surface area contributed by atoms with Crippen LogP contribution >= 0.6 is 0 Å². The fourth-order valence-corrected chi connectivity index (χ4v) is 3.05. The average molecular weight is 336 g/mol. The van der Waals surface area contributed by atoms with Crippen LogP contribution in [0.2, 0.25) is 0 Å². The van der Waals surface area contributed by atoms with Crippen molar-refractivity contribution in [2.45, 2.75) is 38.1 Å². The lowest BCUT2D eigenvalue weighted by Crippen LogP contribution is -2.39. The largest absolute Gasteiger partial charge is 0.238 e. The number of alkyl halides is 1. The van der Waals surface area contributed by atoms with Gasteiger partial charge < -0.3 is 0 Å². The molecule has 0 fully saturated rings. The van der Waals surface area contributed by atoms with Gasteiger partial charge in [-0.1, -0.05) is 42.5 Å². The van der Waals surface area contributed by atoms with Gasteiger partial charge in [-0.2, -0.15) is 0 Å². The molecule has 0 saturated carbocycles. The Hall–Kier alpha value is -1.46. The topological polar surface area (TPSA) is 46.2 Å². The third kappa shape index (κ3) is 4.52. The quantitative estimate of drug-likeness (QED) is 0.860. The van der Waals surface area contributed by atoms with E-state index in [1.165, 1.54) is 6.92 Å². The summed E-state index contributed by atoms with van der Waals surface area (Å²) in [6.07, 6.45) is 9.09. The lowest BCUT2D eigenvalue weighted by molar-refractivity contribution is 0.196. The van der Waals surface area contributed by atoms with Gasteiger partial charge in [0.15, 0.2) is 0 Å². The Bertz CT molecular complexity index is 701. The molecule has 23 heavy (non-hydrogen) atoms. The molecule has 1 aromatic rings. The Morgan fingerprint density at radius 3 is 2.43 bits per heavy atom. The minimum absolute atomic E-state index is 0.273. The van der Waals surface area contributed by atoms with Crippen molar-refractivity contribution in [3.05, 3.63) is 60.0 Å². The monoisotopic (exact) mass is 336 g/mol. The zero-order valence-corrected chi connectivity index (χ0v) is 14.5. The molecule has 1 aliphatic carbocycles. The number of halogens is 1. The molecule has 1 aromatic carbocycles. The van der Waals surface area contributed by atoms with E-state index in [1.807, 2.05) is 24.3 Å². The van der Waals surface area contributed by atoms with E-state index in [0.717, 1.165) is 17.6 Å². The molecule has 2 rings (SSSR count). The van der Waals surface area contributed by atoms with E-state index < -0.39 is 20.9 Å². The minimum atomic E-state index is -3.48. The van der Waals surface area contributed by atoms with Crippen molar-refractivity contribution in [1.29, 1.82) is 0 Å². The van der Waals surface area contributed by atoms with E-state index in [2.05, 4.69) is 17.2 Å². The van der Waals surface area contributed by atoms with Crippen LogP contribution in [0.4, 0.5) is 4.39 Å². The van der Waals surface area contributed by atoms with Crippen molar-refractivity contribution in [3.8, 4) is 0 Å². The zero-order valence-electron chi connectivity index (χ0n) is 13.7. The van der Waals surface area contributed by atoms with Crippen LogP contribution in [0.1, 0.15) is 38.3 Å². The van der Waals surface area contributed by atoms with Crippen LogP contribution in [0, 0.1) is 6.42 Å². The average Bonchev–Trinajstić information content (AvgIpc) is 2.54. The summed E-state index contributed by atoms with van der Waals surface area (Å²) in [5, 5.41) is -0.581. The zero-order chi connectivity index (χ0) is 17.1. The first-order chi connectivity index (χ1) is 10.7. The molecule has 1 N–H and O–H groups in total. The number of sulfonamides is 1. The van der Waals surface area contributed by atoms with Crippen molar-refractivity contribution < 1.29 is 12.8 Å². The molecule has 125 valence electrons. The molecule has 1 aliphatic rings. The highest BCUT2D eigenvalue weighted by molar-refractivity contribution is 7.90. The molecule has 3 nitrogen and oxygen atoms in total. The lowest BCUT2D eigenvalue weighted by atomic mass is 9.94. The van der Waals surface area contributed by atoms with Gasteiger partial charge in [0, 0.05) is 6.54 Å². The van der Waals surface area contributed by atoms with Gasteiger partial charge >= 0.3 is 0 Å². The van der Waals surface area contributed by atoms with Gasteiger partial charge in [-0.05, 0) is 50.3 Å². The maximum absolute atomic E-state index is 14.8. The number of hydrogen-bond acceptors (Lipinski definition) is 2. The number of benzene rings is 1. The Kier molecular flexibility index (Phi) is 5.42. The minimum Gasteiger partial charge on any atom is -0.238 e. The fourth-order valence-electron chi connectivity index (χ4n) is 2.24. The van der Waals surface area contributed by atoms with Crippen LogP contribution in [0.5, 0.6) is 0 Å². The summed E-state index contributed by atoms with van der Waals surface area (Å²) < 4.78 is 40.7. The summed E-state index contributed by atoms with van der Waals surface area (Å²) in [7, 11) is -3.48. The molecular formula is C18H23FNO2S. The van der Waals surface area contributed by atoms with Gasteiger partial charge in [0.05, 0.1) is 5.25 Å². The molecule has 0 spiro atoms. The normalized spacial score (nSPS) is 17.9. The van der Waals surface area contributed by atoms with Crippen LogP contribution in [0.15, 0.2) is 42.5 Å². The van der Waals surface area contributed by atoms with E-state index in [1.54, 1.807) is 26.0 Å². The molecule has 5 heteroatoms. The molecule has 1 unspecified atom stereocenters. The summed E-state index contributed by atoms with van der Waals surface area (Å²) in [6.45, 7) is 4.25. The number of rotatable bonds is 6. The first-order valence-corrected chi connectivity index (χ1v) is 9.25. The second kappa shape index (κ2) is 6.97. The Balaban J connectivity index is 2.11. The van der Waals surface area contributed by atoms with E-state index in [-0.39, 0.29) is 6.54 Å². The highest BCUT2D eigenvalue weighted by Crippen LogP contribution is 2.28. The predicted molar refractivity (Wildman–Crippen MR) is 93.0 cm³/mol. The third-order valence-electron chi connectivity index (χ3n) is 3.93. The van der Waals surface area contributed by atoms with Gasteiger partial charge in [-0.3, -0.25) is 0 Å². The molecular weight excluding hydrogens is 313 g/mol. The lowest BCUT2D eigenvalue weighted by Gasteiger charge is -2.22. The van der Waals surface area contributed by atoms with Gasteiger partial charge in [0.2, 0.25) is 10.0 Å². The van der Waals surface area contributed by atoms with Crippen molar-refractivity contribution >= 4 is 15.6 Å². The van der Waals surface area contributed by atoms with Crippen LogP contribution < -0.4 is 4.72 Å². The number of nitrogens with one attached hydrogen (secondary N) is 1. The van der Waals surface area contributed by atoms with Gasteiger partial charge in [0.25, 0.3) is 0 Å². The third-order valence-corrected chi connectivity index (χ3v) is 5.72. The molecule has 1 atom stereocenters. The molecule has 0 amide bonds. The van der Waals surface area contributed by atoms with E-state index >= 15 is 0 Å². The van der Waals surface area contributed by atoms with Gasteiger partial charge in [-0.15, -0.1) is 0 Å². The Morgan fingerprint density at radius 2 is 1.91 bits per heavy atom. The fraction of sp³-hybridized carbons (Fsp3) is 0.389. The van der Waals surface area contributed by atoms with E-state index in [4.69, 9.17) is 0 Å². The summed E-state index contributed by atoms with van der Waals surface area (Å²) in [6, 6.07) is 7.16. The van der Waals surface area contributed by atoms with Crippen LogP contribution in [0.3, 0.4) is 0 Å². The SMILES string of the molecule is CC(C)S(=O)(=O)NCC(C)(F)c1ccc(C2=CC[CH]C=C2)cc1. The Labute approximate surface area is 138 Å². The maximum atomic E-state index is 14.8. The van der Waals surface area contributed by atoms with Crippen molar-refractivity contribution in [2.75, 3.05) is 6.54 Å². The molecule has 0 aromatic heterocycles. The molecule has 0 heterocycles. The summed E-state index contributed by atoms with van der Waals surface area (Å²) in [4.78, 5) is 0. The van der Waals surface area contributed by atoms with E-state index in [0.29, 0.717) is 5.56 Å². The van der Waals surface area contributed by atoms with Crippen LogP contribution in [-0.2, 0) is 15.7 Å². The van der Waals surface area contributed by atoms with Crippen LogP contribution in [-0.4, -0.2) is 20.2 Å². The summed E-state index contributed by atoms with van der Waals surface area (Å²) in [5.41, 5.74) is 0.835. The molecule has 0 saturated heterocycles. The van der Waals surface area contributed by atoms with Gasteiger partial charge in [0.1, 0.15) is 5.67 Å². The maximum Gasteiger partial charge on any atom is 0.214 e. The highest BCUT2D eigenvalue weighted by Gasteiger charge is 2.28. The molecule has 1 radical (unpaired) electrons. The summed E-state index contributed by atoms with van der Waals surface area (Å²) >= 11 is 0. The summed E-state index contributed by atoms with van der Waals surface area (Å²) in [5.74, 6) is 0. The van der Waals surface area contributed by atoms with Crippen LogP contribution in [0.25, 0.3) is 5.57 Å². The standard InChI is InChI=1S/C18H23FNO2S/c1-14(2)23(21,22)20-13-18(3,19)17-11-9-16(10-12-17)15-7-5-4-6-8-15/h4-5,7-12,14,20H,6,13H2,1-3H3. The second-order valence-corrected chi connectivity index (χ2v) is 8.50. The highest BCUT2D eigenvalue weighted by atomic mass is 32.2. The number of allylic oxidation sites excluding steroid dienone is 4. The second-order valence-electron chi connectivity index (χ2n) is 6.18.